The molecule has 24 heavy (non-hydrogen) atoms. The Kier molecular flexibility index (Phi) is 5.39. The smallest absolute Gasteiger partial charge is 0.0872 e. The molecule has 2 heterocycles. The molecule has 1 aromatic carbocycles. The van der Waals surface area contributed by atoms with Crippen molar-refractivity contribution in [3.8, 4) is 0 Å². The average molecular weight is 370 g/mol. The Morgan fingerprint density at radius 2 is 0.833 bits per heavy atom. The molecule has 2 aliphatic rings. The van der Waals surface area contributed by atoms with E-state index in [9.17, 15) is 20.4 Å². The van der Waals surface area contributed by atoms with Crippen molar-refractivity contribution in [2.24, 2.45) is 0 Å². The van der Waals surface area contributed by atoms with Crippen LogP contribution in [0.25, 0.3) is 0 Å². The molecule has 0 aromatic heterocycles. The molecule has 2 fully saturated rings. The van der Waals surface area contributed by atoms with E-state index in [4.69, 9.17) is 0 Å². The highest BCUT2D eigenvalue weighted by Crippen LogP contribution is 2.59. The molecule has 1 aromatic rings. The molecule has 2 aliphatic heterocycles. The van der Waals surface area contributed by atoms with E-state index < -0.39 is 40.3 Å². The monoisotopic (exact) mass is 370 g/mol. The first-order chi connectivity index (χ1) is 11.3. The number of hydrogen-bond acceptors (Lipinski definition) is 4. The van der Waals surface area contributed by atoms with Crippen LogP contribution in [0.5, 0.6) is 0 Å². The van der Waals surface area contributed by atoms with Crippen LogP contribution in [0.4, 0.5) is 0 Å². The molecule has 0 amide bonds. The van der Waals surface area contributed by atoms with Crippen LogP contribution >= 0.6 is 15.8 Å². The van der Waals surface area contributed by atoms with E-state index in [1.54, 1.807) is 0 Å². The molecule has 8 atom stereocenters. The minimum Gasteiger partial charge on any atom is -0.390 e. The Balaban J connectivity index is 2.04. The van der Waals surface area contributed by atoms with Gasteiger partial charge in [0.15, 0.2) is 0 Å². The van der Waals surface area contributed by atoms with Crippen molar-refractivity contribution >= 4 is 26.5 Å². The van der Waals surface area contributed by atoms with Crippen LogP contribution in [-0.4, -0.2) is 67.5 Å². The quantitative estimate of drug-likeness (QED) is 0.584. The molecule has 0 unspecified atom stereocenters. The lowest BCUT2D eigenvalue weighted by Crippen LogP contribution is -2.30. The van der Waals surface area contributed by atoms with E-state index in [-0.39, 0.29) is 22.6 Å². The lowest BCUT2D eigenvalue weighted by molar-refractivity contribution is 0.0327. The number of hydrogen-bond donors (Lipinski definition) is 4. The molecule has 3 rings (SSSR count). The number of aliphatic hydroxyl groups excluding tert-OH is 4. The highest BCUT2D eigenvalue weighted by atomic mass is 31.1. The minimum absolute atomic E-state index is 0.0456. The predicted molar refractivity (Wildman–Crippen MR) is 101 cm³/mol. The zero-order chi connectivity index (χ0) is 17.8. The topological polar surface area (TPSA) is 80.9 Å². The summed E-state index contributed by atoms with van der Waals surface area (Å²) in [5.74, 6) is 0. The summed E-state index contributed by atoms with van der Waals surface area (Å²) in [5.41, 5.74) is 0.182. The first-order valence-corrected chi connectivity index (χ1v) is 11.6. The van der Waals surface area contributed by atoms with Crippen molar-refractivity contribution in [3.05, 3.63) is 24.3 Å². The molecular formula is C18H28O4P2. The van der Waals surface area contributed by atoms with Gasteiger partial charge in [-0.15, -0.1) is 0 Å². The largest absolute Gasteiger partial charge is 0.390 e. The summed E-state index contributed by atoms with van der Waals surface area (Å²) in [6.07, 6.45) is -2.72. The van der Waals surface area contributed by atoms with Gasteiger partial charge in [-0.2, -0.15) is 0 Å². The Bertz CT molecular complexity index is 519. The fraction of sp³-hybridized carbons (Fsp3) is 0.667. The summed E-state index contributed by atoms with van der Waals surface area (Å²) >= 11 is 0. The zero-order valence-corrected chi connectivity index (χ0v) is 16.4. The molecule has 134 valence electrons. The molecular weight excluding hydrogens is 342 g/mol. The van der Waals surface area contributed by atoms with Crippen LogP contribution in [0.3, 0.4) is 0 Å². The predicted octanol–water partition coefficient (Wildman–Crippen LogP) is 0.926. The molecule has 0 aliphatic carbocycles. The minimum atomic E-state index is -0.692. The van der Waals surface area contributed by atoms with E-state index >= 15 is 0 Å². The molecule has 0 radical (unpaired) electrons. The third-order valence-corrected chi connectivity index (χ3v) is 12.7. The summed E-state index contributed by atoms with van der Waals surface area (Å²) in [6, 6.07) is 8.28. The third kappa shape index (κ3) is 2.76. The average Bonchev–Trinajstić information content (AvgIpc) is 2.88. The summed E-state index contributed by atoms with van der Waals surface area (Å²) in [6.45, 7) is 8.10. The van der Waals surface area contributed by atoms with Crippen LogP contribution in [0.15, 0.2) is 24.3 Å². The summed E-state index contributed by atoms with van der Waals surface area (Å²) < 4.78 is 0. The van der Waals surface area contributed by atoms with Gasteiger partial charge in [0.25, 0.3) is 0 Å². The third-order valence-electron chi connectivity index (χ3n) is 5.87. The highest BCUT2D eigenvalue weighted by molar-refractivity contribution is 7.73. The van der Waals surface area contributed by atoms with Crippen molar-refractivity contribution < 1.29 is 20.4 Å². The Labute approximate surface area is 146 Å². The van der Waals surface area contributed by atoms with Gasteiger partial charge in [-0.25, -0.2) is 0 Å². The van der Waals surface area contributed by atoms with Gasteiger partial charge >= 0.3 is 0 Å². The molecule has 2 saturated heterocycles. The Hall–Kier alpha value is -0.0800. The summed E-state index contributed by atoms with van der Waals surface area (Å²) in [7, 11) is -1.38. The molecule has 6 heteroatoms. The van der Waals surface area contributed by atoms with Gasteiger partial charge in [-0.3, -0.25) is 0 Å². The van der Waals surface area contributed by atoms with Crippen molar-refractivity contribution in [2.75, 3.05) is 0 Å². The van der Waals surface area contributed by atoms with Crippen LogP contribution in [0.1, 0.15) is 27.7 Å². The van der Waals surface area contributed by atoms with Gasteiger partial charge in [-0.05, 0) is 10.6 Å². The highest BCUT2D eigenvalue weighted by Gasteiger charge is 2.49. The van der Waals surface area contributed by atoms with Crippen molar-refractivity contribution in [3.63, 3.8) is 0 Å². The van der Waals surface area contributed by atoms with E-state index in [2.05, 4.69) is 12.1 Å². The first-order valence-electron chi connectivity index (χ1n) is 8.65. The molecule has 4 N–H and O–H groups in total. The maximum Gasteiger partial charge on any atom is 0.0872 e. The molecule has 0 spiro atoms. The second kappa shape index (κ2) is 6.91. The molecule has 4 nitrogen and oxygen atoms in total. The number of benzene rings is 1. The zero-order valence-electron chi connectivity index (χ0n) is 14.6. The van der Waals surface area contributed by atoms with Crippen molar-refractivity contribution in [1.29, 1.82) is 0 Å². The van der Waals surface area contributed by atoms with Gasteiger partial charge in [0.2, 0.25) is 0 Å². The standard InChI is InChI=1S/C18H28O4P2/c1-9-15(19)16(20)10(2)23(9)13-7-5-6-8-14(13)24-11(3)17(21)18(22)12(24)4/h5-12,15-22H,1-4H3/t9-,10-,11-,12-,15-,16-,17-,18-/m1/s1. The Morgan fingerprint density at radius 1 is 0.583 bits per heavy atom. The Morgan fingerprint density at radius 3 is 1.08 bits per heavy atom. The maximum absolute atomic E-state index is 10.3. The second-order valence-electron chi connectivity index (χ2n) is 7.23. The summed E-state index contributed by atoms with van der Waals surface area (Å²) in [5, 5.41) is 43.7. The lowest BCUT2D eigenvalue weighted by Gasteiger charge is -2.30. The van der Waals surface area contributed by atoms with E-state index in [1.807, 2.05) is 39.8 Å². The van der Waals surface area contributed by atoms with E-state index in [0.717, 1.165) is 0 Å². The maximum atomic E-state index is 10.3. The van der Waals surface area contributed by atoms with E-state index in [0.29, 0.717) is 0 Å². The van der Waals surface area contributed by atoms with Crippen molar-refractivity contribution in [2.45, 2.75) is 74.7 Å². The van der Waals surface area contributed by atoms with Crippen LogP contribution in [0.2, 0.25) is 0 Å². The lowest BCUT2D eigenvalue weighted by atomic mass is 10.1. The van der Waals surface area contributed by atoms with Crippen LogP contribution in [-0.2, 0) is 0 Å². The number of rotatable bonds is 2. The van der Waals surface area contributed by atoms with Gasteiger partial charge in [0.05, 0.1) is 24.4 Å². The number of aliphatic hydroxyl groups is 4. The van der Waals surface area contributed by atoms with Crippen LogP contribution < -0.4 is 10.6 Å². The fourth-order valence-electron chi connectivity index (χ4n) is 4.32. The summed E-state index contributed by atoms with van der Waals surface area (Å²) in [4.78, 5) is 0. The SMILES string of the molecule is C[C@@H]1[C@@H](O)[C@H](O)[C@@H](C)P1c1ccccc1P1[C@H](C)[C@@H](O)[C@H](O)[C@H]1C. The normalized spacial score (nSPS) is 44.3. The van der Waals surface area contributed by atoms with Gasteiger partial charge in [0.1, 0.15) is 0 Å². The first kappa shape index (κ1) is 18.7. The van der Waals surface area contributed by atoms with Gasteiger partial charge < -0.3 is 20.4 Å². The second-order valence-corrected chi connectivity index (χ2v) is 13.1. The van der Waals surface area contributed by atoms with Gasteiger partial charge in [0, 0.05) is 22.6 Å². The van der Waals surface area contributed by atoms with E-state index in [1.165, 1.54) is 10.6 Å². The fourth-order valence-corrected chi connectivity index (χ4v) is 11.5. The molecule has 0 bridgehead atoms. The van der Waals surface area contributed by atoms with Crippen LogP contribution in [0, 0.1) is 0 Å². The van der Waals surface area contributed by atoms with Gasteiger partial charge in [-0.1, -0.05) is 67.8 Å². The van der Waals surface area contributed by atoms with Crippen molar-refractivity contribution in [1.82, 2.24) is 0 Å². The molecule has 0 saturated carbocycles.